The van der Waals surface area contributed by atoms with Gasteiger partial charge in [0.15, 0.2) is 0 Å². The lowest BCUT2D eigenvalue weighted by molar-refractivity contribution is -0.384. The Labute approximate surface area is 79.9 Å². The summed E-state index contributed by atoms with van der Waals surface area (Å²) in [7, 11) is 0. The summed E-state index contributed by atoms with van der Waals surface area (Å²) >= 11 is 5.58. The SMILES string of the molecule is CCNc1nc(Cl)ccc1[N+](=O)[O-]. The molecule has 0 fully saturated rings. The van der Waals surface area contributed by atoms with E-state index in [1.807, 2.05) is 6.92 Å². The Kier molecular flexibility index (Phi) is 3.02. The van der Waals surface area contributed by atoms with Gasteiger partial charge in [-0.05, 0) is 13.0 Å². The first-order valence-corrected chi connectivity index (χ1v) is 4.07. The van der Waals surface area contributed by atoms with Crippen LogP contribution in [0.15, 0.2) is 12.1 Å². The summed E-state index contributed by atoms with van der Waals surface area (Å²) in [6.07, 6.45) is 0. The maximum Gasteiger partial charge on any atom is 0.311 e. The number of anilines is 1. The van der Waals surface area contributed by atoms with Gasteiger partial charge in [0.1, 0.15) is 5.15 Å². The Morgan fingerprint density at radius 2 is 2.38 bits per heavy atom. The third-order valence-electron chi connectivity index (χ3n) is 1.38. The molecular formula is C7H8ClN3O2. The predicted octanol–water partition coefficient (Wildman–Crippen LogP) is 2.07. The zero-order chi connectivity index (χ0) is 9.84. The smallest absolute Gasteiger partial charge is 0.311 e. The second-order valence-corrected chi connectivity index (χ2v) is 2.68. The highest BCUT2D eigenvalue weighted by molar-refractivity contribution is 6.29. The lowest BCUT2D eigenvalue weighted by Crippen LogP contribution is -2.03. The molecule has 1 aromatic heterocycles. The number of aromatic nitrogens is 1. The number of pyridine rings is 1. The molecule has 5 nitrogen and oxygen atoms in total. The van der Waals surface area contributed by atoms with Crippen molar-refractivity contribution in [1.29, 1.82) is 0 Å². The van der Waals surface area contributed by atoms with Gasteiger partial charge in [-0.25, -0.2) is 4.98 Å². The van der Waals surface area contributed by atoms with Gasteiger partial charge in [-0.15, -0.1) is 0 Å². The van der Waals surface area contributed by atoms with Crippen molar-refractivity contribution in [2.45, 2.75) is 6.92 Å². The van der Waals surface area contributed by atoms with E-state index in [2.05, 4.69) is 10.3 Å². The Balaban J connectivity index is 3.10. The van der Waals surface area contributed by atoms with E-state index in [4.69, 9.17) is 11.6 Å². The van der Waals surface area contributed by atoms with Crippen LogP contribution in [0, 0.1) is 10.1 Å². The molecule has 0 saturated carbocycles. The van der Waals surface area contributed by atoms with E-state index in [9.17, 15) is 10.1 Å². The molecule has 0 spiro atoms. The largest absolute Gasteiger partial charge is 0.365 e. The molecule has 1 heterocycles. The normalized spacial score (nSPS) is 9.69. The van der Waals surface area contributed by atoms with E-state index >= 15 is 0 Å². The quantitative estimate of drug-likeness (QED) is 0.462. The molecule has 0 aliphatic carbocycles. The van der Waals surface area contributed by atoms with E-state index < -0.39 is 4.92 Å². The van der Waals surface area contributed by atoms with E-state index in [1.54, 1.807) is 0 Å². The Hall–Kier alpha value is -1.36. The average Bonchev–Trinajstić information content (AvgIpc) is 2.04. The molecule has 0 saturated heterocycles. The van der Waals surface area contributed by atoms with Gasteiger partial charge < -0.3 is 5.32 Å². The maximum atomic E-state index is 10.5. The summed E-state index contributed by atoms with van der Waals surface area (Å²) in [6, 6.07) is 2.72. The van der Waals surface area contributed by atoms with E-state index in [0.717, 1.165) is 0 Å². The Bertz CT molecular complexity index is 330. The van der Waals surface area contributed by atoms with Crippen molar-refractivity contribution in [3.8, 4) is 0 Å². The van der Waals surface area contributed by atoms with E-state index in [0.29, 0.717) is 6.54 Å². The van der Waals surface area contributed by atoms with Crippen molar-refractivity contribution in [2.75, 3.05) is 11.9 Å². The van der Waals surface area contributed by atoms with Crippen LogP contribution in [0.5, 0.6) is 0 Å². The summed E-state index contributed by atoms with van der Waals surface area (Å²) in [5, 5.41) is 13.5. The lowest BCUT2D eigenvalue weighted by atomic mass is 10.4. The van der Waals surface area contributed by atoms with Gasteiger partial charge >= 0.3 is 5.69 Å². The highest BCUT2D eigenvalue weighted by Gasteiger charge is 2.14. The van der Waals surface area contributed by atoms with E-state index in [1.165, 1.54) is 12.1 Å². The van der Waals surface area contributed by atoms with Gasteiger partial charge in [0.25, 0.3) is 0 Å². The van der Waals surface area contributed by atoms with Gasteiger partial charge in [-0.1, -0.05) is 11.6 Å². The fourth-order valence-electron chi connectivity index (χ4n) is 0.873. The van der Waals surface area contributed by atoms with Crippen molar-refractivity contribution < 1.29 is 4.92 Å². The molecule has 0 radical (unpaired) electrons. The standard InChI is InChI=1S/C7H8ClN3O2/c1-2-9-7-5(11(12)13)3-4-6(8)10-7/h3-4H,2H2,1H3,(H,9,10). The maximum absolute atomic E-state index is 10.5. The van der Waals surface area contributed by atoms with Crippen molar-refractivity contribution >= 4 is 23.1 Å². The molecule has 0 atom stereocenters. The molecule has 13 heavy (non-hydrogen) atoms. The molecule has 0 aliphatic heterocycles. The van der Waals surface area contributed by atoms with Crippen molar-refractivity contribution in [2.24, 2.45) is 0 Å². The van der Waals surface area contributed by atoms with E-state index in [-0.39, 0.29) is 16.7 Å². The molecule has 6 heteroatoms. The van der Waals surface area contributed by atoms with Crippen LogP contribution in [-0.2, 0) is 0 Å². The molecule has 1 aromatic rings. The van der Waals surface area contributed by atoms with Crippen LogP contribution >= 0.6 is 11.6 Å². The fourth-order valence-corrected chi connectivity index (χ4v) is 1.02. The second-order valence-electron chi connectivity index (χ2n) is 2.29. The monoisotopic (exact) mass is 201 g/mol. The highest BCUT2D eigenvalue weighted by Crippen LogP contribution is 2.23. The number of hydrogen-bond donors (Lipinski definition) is 1. The fraction of sp³-hybridized carbons (Fsp3) is 0.286. The predicted molar refractivity (Wildman–Crippen MR) is 50.1 cm³/mol. The molecule has 0 unspecified atom stereocenters. The number of halogens is 1. The van der Waals surface area contributed by atoms with Crippen LogP contribution in [0.2, 0.25) is 5.15 Å². The minimum Gasteiger partial charge on any atom is -0.365 e. The third kappa shape index (κ3) is 2.29. The van der Waals surface area contributed by atoms with Crippen molar-refractivity contribution in [3.63, 3.8) is 0 Å². The Morgan fingerprint density at radius 1 is 1.69 bits per heavy atom. The van der Waals surface area contributed by atoms with Gasteiger partial charge in [-0.3, -0.25) is 10.1 Å². The molecule has 0 aliphatic rings. The van der Waals surface area contributed by atoms with Crippen LogP contribution in [0.1, 0.15) is 6.92 Å². The topological polar surface area (TPSA) is 68.1 Å². The molecule has 1 rings (SSSR count). The third-order valence-corrected chi connectivity index (χ3v) is 1.59. The summed E-state index contributed by atoms with van der Waals surface area (Å²) in [5.74, 6) is 0.208. The minimum absolute atomic E-state index is 0.0637. The zero-order valence-corrected chi connectivity index (χ0v) is 7.71. The van der Waals surface area contributed by atoms with Crippen LogP contribution in [0.4, 0.5) is 11.5 Å². The number of hydrogen-bond acceptors (Lipinski definition) is 4. The summed E-state index contributed by atoms with van der Waals surface area (Å²) in [5.41, 5.74) is -0.0637. The number of nitro groups is 1. The van der Waals surface area contributed by atoms with Gasteiger partial charge in [0, 0.05) is 12.6 Å². The van der Waals surface area contributed by atoms with Crippen LogP contribution < -0.4 is 5.32 Å². The average molecular weight is 202 g/mol. The number of nitrogens with zero attached hydrogens (tertiary/aromatic N) is 2. The van der Waals surface area contributed by atoms with Crippen LogP contribution in [0.25, 0.3) is 0 Å². The first kappa shape index (κ1) is 9.73. The van der Waals surface area contributed by atoms with Gasteiger partial charge in [-0.2, -0.15) is 0 Å². The summed E-state index contributed by atoms with van der Waals surface area (Å²) < 4.78 is 0. The first-order valence-electron chi connectivity index (χ1n) is 3.70. The van der Waals surface area contributed by atoms with Crippen molar-refractivity contribution in [1.82, 2.24) is 4.98 Å². The zero-order valence-electron chi connectivity index (χ0n) is 6.95. The summed E-state index contributed by atoms with van der Waals surface area (Å²) in [4.78, 5) is 13.8. The first-order chi connectivity index (χ1) is 6.15. The molecular weight excluding hydrogens is 194 g/mol. The minimum atomic E-state index is -0.499. The van der Waals surface area contributed by atoms with Gasteiger partial charge in [0.2, 0.25) is 5.82 Å². The number of rotatable bonds is 3. The molecule has 0 amide bonds. The molecule has 0 bridgehead atoms. The second kappa shape index (κ2) is 4.04. The molecule has 0 aromatic carbocycles. The van der Waals surface area contributed by atoms with Crippen molar-refractivity contribution in [3.05, 3.63) is 27.4 Å². The van der Waals surface area contributed by atoms with Crippen LogP contribution in [0.3, 0.4) is 0 Å². The molecule has 1 N–H and O–H groups in total. The highest BCUT2D eigenvalue weighted by atomic mass is 35.5. The van der Waals surface area contributed by atoms with Gasteiger partial charge in [0.05, 0.1) is 4.92 Å². The number of nitrogens with one attached hydrogen (secondary N) is 1. The van der Waals surface area contributed by atoms with Crippen LogP contribution in [-0.4, -0.2) is 16.5 Å². The Morgan fingerprint density at radius 3 is 2.92 bits per heavy atom. The lowest BCUT2D eigenvalue weighted by Gasteiger charge is -2.02. The molecule has 70 valence electrons. The summed E-state index contributed by atoms with van der Waals surface area (Å²) in [6.45, 7) is 2.39.